The Morgan fingerprint density at radius 2 is 1.89 bits per heavy atom. The number of thiazole rings is 1. The minimum Gasteiger partial charge on any atom is -0.497 e. The molecule has 0 radical (unpaired) electrons. The summed E-state index contributed by atoms with van der Waals surface area (Å²) in [6, 6.07) is 11.8. The Hall–Kier alpha value is -5.75. The van der Waals surface area contributed by atoms with E-state index in [1.54, 1.807) is 43.5 Å². The molecule has 5 N–H and O–H groups in total. The molecular formula is C43H50N8O8S2. The van der Waals surface area contributed by atoms with Gasteiger partial charge in [-0.1, -0.05) is 30.7 Å². The second-order valence-electron chi connectivity index (χ2n) is 16.3. The van der Waals surface area contributed by atoms with Crippen LogP contribution >= 0.6 is 11.3 Å². The summed E-state index contributed by atoms with van der Waals surface area (Å²) in [6.45, 7) is 4.62. The summed E-state index contributed by atoms with van der Waals surface area (Å²) < 4.78 is 42.0. The van der Waals surface area contributed by atoms with E-state index in [9.17, 15) is 27.6 Å². The fourth-order valence-electron chi connectivity index (χ4n) is 8.24. The number of methoxy groups -OCH3 is 1. The van der Waals surface area contributed by atoms with E-state index >= 15 is 0 Å². The molecule has 5 heterocycles. The first-order chi connectivity index (χ1) is 29.3. The highest BCUT2D eigenvalue weighted by molar-refractivity contribution is 7.90. The van der Waals surface area contributed by atoms with Gasteiger partial charge in [-0.3, -0.25) is 19.2 Å². The van der Waals surface area contributed by atoms with Gasteiger partial charge in [-0.15, -0.1) is 11.3 Å². The smallest absolute Gasteiger partial charge is 0.266 e. The second-order valence-corrected chi connectivity index (χ2v) is 18.8. The number of likely N-dealkylation sites (tertiary alicyclic amines) is 1. The summed E-state index contributed by atoms with van der Waals surface area (Å²) in [5, 5.41) is 15.5. The first kappa shape index (κ1) is 42.0. The number of carbonyl (C=O) groups excluding carboxylic acids is 4. The number of para-hydroxylation sites is 1. The summed E-state index contributed by atoms with van der Waals surface area (Å²) in [4.78, 5) is 66.2. The van der Waals surface area contributed by atoms with Gasteiger partial charge in [-0.25, -0.2) is 23.1 Å². The van der Waals surface area contributed by atoms with Gasteiger partial charge >= 0.3 is 0 Å². The third kappa shape index (κ3) is 9.00. The Morgan fingerprint density at radius 3 is 2.67 bits per heavy atom. The zero-order valence-electron chi connectivity index (χ0n) is 34.2. The highest BCUT2D eigenvalue weighted by Gasteiger charge is 2.62. The standard InChI is InChI=1S/C43H50N8O8S2/c1-25(2)45-42-48-34(24-60-42)33-21-36(29-15-14-27(58-3)19-32(29)46-33)59-28-20-35(51(23-28)40(54)31-16-17-38(52)47-31)39(53)49-43-22-26(43)11-7-5-4-6-10-18-44-30-12-8-9-13-37(30)61(56,57)50-41(43)55/h7-9,11-15,19,21,24-26,28,31,35,44H,4-6,10,16-18,20,22-23H2,1-3H3,(H,45,48)(H,47,52)(H,49,53)(H,50,55)/t26-,28-,31+,35+,43-/m1/s1. The van der Waals surface area contributed by atoms with Crippen LogP contribution in [0, 0.1) is 5.92 Å². The highest BCUT2D eigenvalue weighted by atomic mass is 32.2. The van der Waals surface area contributed by atoms with Crippen molar-refractivity contribution in [1.29, 1.82) is 0 Å². The number of anilines is 2. The van der Waals surface area contributed by atoms with Crippen molar-refractivity contribution >= 4 is 66.7 Å². The van der Waals surface area contributed by atoms with Gasteiger partial charge in [-0.2, -0.15) is 0 Å². The minimum absolute atomic E-state index is 0.00154. The molecule has 2 aromatic heterocycles. The number of benzene rings is 2. The van der Waals surface area contributed by atoms with E-state index in [-0.39, 0.29) is 49.1 Å². The first-order valence-electron chi connectivity index (χ1n) is 20.7. The molecule has 18 heteroatoms. The van der Waals surface area contributed by atoms with E-state index in [4.69, 9.17) is 19.4 Å². The lowest BCUT2D eigenvalue weighted by atomic mass is 10.1. The molecule has 16 nitrogen and oxygen atoms in total. The summed E-state index contributed by atoms with van der Waals surface area (Å²) in [7, 11) is -2.80. The van der Waals surface area contributed by atoms with E-state index in [1.165, 1.54) is 22.3 Å². The number of fused-ring (bicyclic) bond motifs is 3. The van der Waals surface area contributed by atoms with Gasteiger partial charge < -0.3 is 35.6 Å². The number of hydrogen-bond donors (Lipinski definition) is 5. The Kier molecular flexibility index (Phi) is 11.9. The van der Waals surface area contributed by atoms with Crippen molar-refractivity contribution in [3.63, 3.8) is 0 Å². The maximum atomic E-state index is 14.6. The summed E-state index contributed by atoms with van der Waals surface area (Å²) in [6.07, 6.45) is 7.18. The number of pyridine rings is 1. The van der Waals surface area contributed by atoms with Gasteiger partial charge in [-0.05, 0) is 70.2 Å². The van der Waals surface area contributed by atoms with Gasteiger partial charge in [0.2, 0.25) is 17.7 Å². The lowest BCUT2D eigenvalue weighted by Crippen LogP contribution is -2.57. The van der Waals surface area contributed by atoms with Crippen LogP contribution in [0.4, 0.5) is 10.8 Å². The molecule has 3 fully saturated rings. The van der Waals surface area contributed by atoms with Gasteiger partial charge in [0.1, 0.15) is 45.8 Å². The van der Waals surface area contributed by atoms with Gasteiger partial charge in [0.15, 0.2) is 5.13 Å². The number of amides is 4. The van der Waals surface area contributed by atoms with Crippen molar-refractivity contribution in [2.24, 2.45) is 5.92 Å². The molecular weight excluding hydrogens is 821 g/mol. The number of allylic oxidation sites excluding steroid dienone is 1. The van der Waals surface area contributed by atoms with Crippen LogP contribution in [0.25, 0.3) is 22.3 Å². The molecule has 61 heavy (non-hydrogen) atoms. The predicted octanol–water partition coefficient (Wildman–Crippen LogP) is 4.74. The molecule has 0 unspecified atom stereocenters. The van der Waals surface area contributed by atoms with E-state index in [0.29, 0.717) is 46.0 Å². The molecule has 2 aromatic carbocycles. The molecule has 3 aliphatic heterocycles. The lowest BCUT2D eigenvalue weighted by Gasteiger charge is -2.28. The molecule has 4 aliphatic rings. The number of nitrogens with one attached hydrogen (secondary N) is 5. The number of rotatable bonds is 9. The van der Waals surface area contributed by atoms with Gasteiger partial charge in [0.05, 0.1) is 30.6 Å². The van der Waals surface area contributed by atoms with Crippen LogP contribution in [-0.2, 0) is 29.2 Å². The van der Waals surface area contributed by atoms with Crippen LogP contribution < -0.4 is 35.5 Å². The molecule has 5 atom stereocenters. The first-order valence-corrected chi connectivity index (χ1v) is 23.1. The average molecular weight is 871 g/mol. The van der Waals surface area contributed by atoms with Crippen LogP contribution in [0.3, 0.4) is 0 Å². The molecule has 1 aliphatic carbocycles. The number of nitrogens with zero attached hydrogens (tertiary/aromatic N) is 3. The van der Waals surface area contributed by atoms with Crippen molar-refractivity contribution in [3.05, 3.63) is 66.1 Å². The van der Waals surface area contributed by atoms with Crippen LogP contribution in [0.1, 0.15) is 65.2 Å². The van der Waals surface area contributed by atoms with Crippen molar-refractivity contribution in [2.75, 3.05) is 30.8 Å². The number of carbonyl (C=O) groups is 4. The molecule has 322 valence electrons. The maximum absolute atomic E-state index is 14.6. The Labute approximate surface area is 358 Å². The van der Waals surface area contributed by atoms with Crippen molar-refractivity contribution < 1.29 is 37.1 Å². The number of aromatic nitrogens is 2. The maximum Gasteiger partial charge on any atom is 0.266 e. The number of sulfonamides is 1. The highest BCUT2D eigenvalue weighted by Crippen LogP contribution is 2.46. The van der Waals surface area contributed by atoms with Crippen LogP contribution in [0.15, 0.2) is 71.0 Å². The van der Waals surface area contributed by atoms with Gasteiger partial charge in [0, 0.05) is 54.2 Å². The van der Waals surface area contributed by atoms with Crippen LogP contribution in [0.5, 0.6) is 11.5 Å². The van der Waals surface area contributed by atoms with Crippen molar-refractivity contribution in [1.82, 2.24) is 30.2 Å². The molecule has 4 amide bonds. The summed E-state index contributed by atoms with van der Waals surface area (Å²) in [5.41, 5.74) is 0.548. The molecule has 8 rings (SSSR count). The van der Waals surface area contributed by atoms with E-state index in [2.05, 4.69) is 26.0 Å². The Balaban J connectivity index is 1.10. The summed E-state index contributed by atoms with van der Waals surface area (Å²) in [5.74, 6) is -1.65. The largest absolute Gasteiger partial charge is 0.497 e. The van der Waals surface area contributed by atoms with E-state index < -0.39 is 57.4 Å². The lowest BCUT2D eigenvalue weighted by molar-refractivity contribution is -0.141. The van der Waals surface area contributed by atoms with Gasteiger partial charge in [0.25, 0.3) is 15.9 Å². The Bertz CT molecular complexity index is 2490. The quantitative estimate of drug-likeness (QED) is 0.145. The predicted molar refractivity (Wildman–Crippen MR) is 231 cm³/mol. The van der Waals surface area contributed by atoms with Crippen molar-refractivity contribution in [3.8, 4) is 22.9 Å². The van der Waals surface area contributed by atoms with Crippen LogP contribution in [-0.4, -0.2) is 96.9 Å². The zero-order valence-corrected chi connectivity index (χ0v) is 35.9. The Morgan fingerprint density at radius 1 is 1.05 bits per heavy atom. The van der Waals surface area contributed by atoms with Crippen molar-refractivity contribution in [2.45, 2.75) is 99.9 Å². The minimum atomic E-state index is -4.36. The van der Waals surface area contributed by atoms with E-state index in [0.717, 1.165) is 30.8 Å². The second kappa shape index (κ2) is 17.3. The molecule has 0 spiro atoms. The topological polar surface area (TPSA) is 210 Å². The number of ether oxygens (including phenoxy) is 2. The van der Waals surface area contributed by atoms with Crippen LogP contribution in [0.2, 0.25) is 0 Å². The fourth-order valence-corrected chi connectivity index (χ4v) is 10.3. The third-order valence-corrected chi connectivity index (χ3v) is 13.7. The normalized spacial score (nSPS) is 25.0. The molecule has 4 aromatic rings. The van der Waals surface area contributed by atoms with E-state index in [1.807, 2.05) is 37.4 Å². The zero-order chi connectivity index (χ0) is 42.9. The third-order valence-electron chi connectivity index (χ3n) is 11.5. The average Bonchev–Trinajstić information content (AvgIpc) is 3.60. The molecule has 1 saturated carbocycles. The molecule has 2 saturated heterocycles. The monoisotopic (exact) mass is 870 g/mol. The number of hydrogen-bond acceptors (Lipinski definition) is 13. The fraction of sp³-hybridized carbons (Fsp3) is 0.442. The molecule has 0 bridgehead atoms. The SMILES string of the molecule is COc1ccc2c(O[C@@H]3C[C@@H](C(=O)N[C@]45C[C@H]4C=CCCCCCNc4ccccc4S(=O)(=O)NC5=O)N(C(=O)[C@@H]4CCC(=O)N4)C3)cc(-c3csc(NC(C)C)n3)nc2c1. The summed E-state index contributed by atoms with van der Waals surface area (Å²) >= 11 is 1.45.